The smallest absolute Gasteiger partial charge is 0.313 e. The lowest BCUT2D eigenvalue weighted by molar-refractivity contribution is -0.175. The third-order valence-electron chi connectivity index (χ3n) is 7.91. The summed E-state index contributed by atoms with van der Waals surface area (Å²) in [4.78, 5) is 29.2. The van der Waals surface area contributed by atoms with Crippen LogP contribution >= 0.6 is 0 Å². The Balaban J connectivity index is 1.43. The van der Waals surface area contributed by atoms with E-state index in [4.69, 9.17) is 14.2 Å². The van der Waals surface area contributed by atoms with Gasteiger partial charge in [0.25, 0.3) is 0 Å². The van der Waals surface area contributed by atoms with Crippen LogP contribution in [0.15, 0.2) is 72.3 Å². The molecule has 6 nitrogen and oxygen atoms in total. The van der Waals surface area contributed by atoms with Gasteiger partial charge in [-0.1, -0.05) is 48.0 Å². The van der Waals surface area contributed by atoms with Gasteiger partial charge in [-0.05, 0) is 43.5 Å². The standard InChI is InChI=1S/C28H29NO5/c1-18-24-23(27(31)34-18)16-19-17-28(32-14-15-33-28)13-12-22(19)25(24)26(30)29(20-8-4-2-5-9-20)21-10-6-3-7-11-21/h2-11,16,18,22-25H,12-15,17H2,1H3/t18?,22-,23+,24-,25?/m0/s1. The second kappa shape index (κ2) is 8.36. The number of amides is 1. The van der Waals surface area contributed by atoms with Gasteiger partial charge in [0.2, 0.25) is 5.91 Å². The molecular formula is C28H29NO5. The Hall–Kier alpha value is -2.96. The lowest BCUT2D eigenvalue weighted by Gasteiger charge is -2.46. The van der Waals surface area contributed by atoms with Gasteiger partial charge >= 0.3 is 5.97 Å². The first-order chi connectivity index (χ1) is 16.6. The molecule has 6 heteroatoms. The average Bonchev–Trinajstić information content (AvgIpc) is 3.42. The van der Waals surface area contributed by atoms with Crippen LogP contribution in [0.5, 0.6) is 0 Å². The molecule has 2 aromatic rings. The monoisotopic (exact) mass is 459 g/mol. The number of hydrogen-bond acceptors (Lipinski definition) is 5. The summed E-state index contributed by atoms with van der Waals surface area (Å²) in [6.07, 6.45) is 3.88. The molecule has 0 aromatic heterocycles. The molecule has 2 heterocycles. The molecule has 2 aromatic carbocycles. The molecule has 2 saturated heterocycles. The van der Waals surface area contributed by atoms with Crippen molar-refractivity contribution in [1.82, 2.24) is 0 Å². The van der Waals surface area contributed by atoms with E-state index in [1.54, 1.807) is 0 Å². The van der Waals surface area contributed by atoms with Crippen LogP contribution in [0.3, 0.4) is 0 Å². The van der Waals surface area contributed by atoms with Gasteiger partial charge in [0, 0.05) is 30.1 Å². The zero-order valence-corrected chi connectivity index (χ0v) is 19.3. The number of nitrogens with zero attached hydrogens (tertiary/aromatic N) is 1. The lowest BCUT2D eigenvalue weighted by Crippen LogP contribution is -2.50. The first-order valence-corrected chi connectivity index (χ1v) is 12.2. The summed E-state index contributed by atoms with van der Waals surface area (Å²) < 4.78 is 17.7. The molecule has 3 fully saturated rings. The van der Waals surface area contributed by atoms with Crippen molar-refractivity contribution < 1.29 is 23.8 Å². The number of hydrogen-bond donors (Lipinski definition) is 0. The summed E-state index contributed by atoms with van der Waals surface area (Å²) in [5, 5.41) is 0. The molecule has 1 amide bonds. The molecule has 0 bridgehead atoms. The van der Waals surface area contributed by atoms with Crippen molar-refractivity contribution in [3.8, 4) is 0 Å². The van der Waals surface area contributed by atoms with Crippen LogP contribution in [0, 0.1) is 23.7 Å². The Morgan fingerprint density at radius 3 is 2.21 bits per heavy atom. The zero-order chi connectivity index (χ0) is 23.3. The number of ether oxygens (including phenoxy) is 3. The van der Waals surface area contributed by atoms with Gasteiger partial charge in [-0.25, -0.2) is 0 Å². The third kappa shape index (κ3) is 3.48. The van der Waals surface area contributed by atoms with Crippen LogP contribution in [0.25, 0.3) is 0 Å². The highest BCUT2D eigenvalue weighted by atomic mass is 16.7. The molecule has 0 N–H and O–H groups in total. The second-order valence-electron chi connectivity index (χ2n) is 9.79. The van der Waals surface area contributed by atoms with E-state index in [0.717, 1.165) is 29.8 Å². The van der Waals surface area contributed by atoms with Crippen molar-refractivity contribution in [1.29, 1.82) is 0 Å². The van der Waals surface area contributed by atoms with Gasteiger partial charge < -0.3 is 14.2 Å². The van der Waals surface area contributed by atoms with Crippen LogP contribution in [0.1, 0.15) is 26.2 Å². The molecule has 6 rings (SSSR count). The number of benzene rings is 2. The fourth-order valence-electron chi connectivity index (χ4n) is 6.45. The first kappa shape index (κ1) is 21.6. The van der Waals surface area contributed by atoms with E-state index in [-0.39, 0.29) is 35.7 Å². The largest absolute Gasteiger partial charge is 0.462 e. The van der Waals surface area contributed by atoms with Gasteiger partial charge in [0.1, 0.15) is 6.10 Å². The predicted molar refractivity (Wildman–Crippen MR) is 126 cm³/mol. The van der Waals surface area contributed by atoms with E-state index in [0.29, 0.717) is 19.6 Å². The maximum Gasteiger partial charge on any atom is 0.313 e. The Labute approximate surface area is 199 Å². The zero-order valence-electron chi connectivity index (χ0n) is 19.3. The Kier molecular flexibility index (Phi) is 5.30. The third-order valence-corrected chi connectivity index (χ3v) is 7.91. The Bertz CT molecular complexity index is 1070. The summed E-state index contributed by atoms with van der Waals surface area (Å²) in [5.74, 6) is -1.79. The number of fused-ring (bicyclic) bond motifs is 2. The van der Waals surface area contributed by atoms with Gasteiger partial charge in [-0.15, -0.1) is 0 Å². The molecule has 1 saturated carbocycles. The van der Waals surface area contributed by atoms with Crippen LogP contribution in [-0.4, -0.2) is 37.0 Å². The highest BCUT2D eigenvalue weighted by Gasteiger charge is 2.57. The number of carbonyl (C=O) groups excluding carboxylic acids is 2. The normalized spacial score (nSPS) is 31.4. The van der Waals surface area contributed by atoms with Crippen LogP contribution in [-0.2, 0) is 23.8 Å². The summed E-state index contributed by atoms with van der Waals surface area (Å²) in [6.45, 7) is 3.09. The van der Waals surface area contributed by atoms with Crippen LogP contribution in [0.2, 0.25) is 0 Å². The van der Waals surface area contributed by atoms with Crippen molar-refractivity contribution in [2.45, 2.75) is 38.1 Å². The number of rotatable bonds is 3. The molecule has 0 radical (unpaired) electrons. The van der Waals surface area contributed by atoms with Crippen molar-refractivity contribution in [3.63, 3.8) is 0 Å². The molecule has 5 atom stereocenters. The molecule has 34 heavy (non-hydrogen) atoms. The van der Waals surface area contributed by atoms with Gasteiger partial charge in [-0.2, -0.15) is 0 Å². The molecular weight excluding hydrogens is 430 g/mol. The Morgan fingerprint density at radius 1 is 0.971 bits per heavy atom. The average molecular weight is 460 g/mol. The van der Waals surface area contributed by atoms with E-state index >= 15 is 0 Å². The number of esters is 1. The van der Waals surface area contributed by atoms with Gasteiger partial charge in [0.05, 0.1) is 25.0 Å². The number of anilines is 2. The van der Waals surface area contributed by atoms with Crippen molar-refractivity contribution in [2.75, 3.05) is 18.1 Å². The first-order valence-electron chi connectivity index (χ1n) is 12.2. The molecule has 176 valence electrons. The fraction of sp³-hybridized carbons (Fsp3) is 0.429. The minimum absolute atomic E-state index is 0.0114. The topological polar surface area (TPSA) is 65.1 Å². The van der Waals surface area contributed by atoms with E-state index in [1.165, 1.54) is 0 Å². The van der Waals surface area contributed by atoms with E-state index in [1.807, 2.05) is 72.5 Å². The number of cyclic esters (lactones) is 1. The van der Waals surface area contributed by atoms with Gasteiger partial charge in [0.15, 0.2) is 5.79 Å². The van der Waals surface area contributed by atoms with E-state index < -0.39 is 11.7 Å². The highest BCUT2D eigenvalue weighted by Crippen LogP contribution is 2.54. The summed E-state index contributed by atoms with van der Waals surface area (Å²) in [6, 6.07) is 19.5. The lowest BCUT2D eigenvalue weighted by atomic mass is 9.61. The van der Waals surface area contributed by atoms with Crippen LogP contribution in [0.4, 0.5) is 11.4 Å². The summed E-state index contributed by atoms with van der Waals surface area (Å²) in [7, 11) is 0. The highest BCUT2D eigenvalue weighted by molar-refractivity contribution is 6.03. The minimum Gasteiger partial charge on any atom is -0.462 e. The van der Waals surface area contributed by atoms with E-state index in [2.05, 4.69) is 6.08 Å². The summed E-state index contributed by atoms with van der Waals surface area (Å²) in [5.41, 5.74) is 2.73. The SMILES string of the molecule is CC1OC(=O)[C@@H]2C=C3CC4(CC[C@@H]3C(C(=O)N(c3ccccc3)c3ccccc3)[C@@H]12)OCCO4. The maximum atomic E-state index is 14.5. The maximum absolute atomic E-state index is 14.5. The molecule has 4 aliphatic rings. The summed E-state index contributed by atoms with van der Waals surface area (Å²) >= 11 is 0. The predicted octanol–water partition coefficient (Wildman–Crippen LogP) is 4.63. The van der Waals surface area contributed by atoms with Crippen LogP contribution < -0.4 is 4.90 Å². The van der Waals surface area contributed by atoms with Crippen molar-refractivity contribution in [2.24, 2.45) is 23.7 Å². The molecule has 2 aliphatic heterocycles. The molecule has 2 unspecified atom stereocenters. The Morgan fingerprint density at radius 2 is 1.59 bits per heavy atom. The van der Waals surface area contributed by atoms with E-state index in [9.17, 15) is 9.59 Å². The molecule has 2 aliphatic carbocycles. The second-order valence-corrected chi connectivity index (χ2v) is 9.79. The molecule has 1 spiro atoms. The van der Waals surface area contributed by atoms with Gasteiger partial charge in [-0.3, -0.25) is 14.5 Å². The quantitative estimate of drug-likeness (QED) is 0.495. The minimum atomic E-state index is -0.616. The fourth-order valence-corrected chi connectivity index (χ4v) is 6.45. The number of para-hydroxylation sites is 2. The number of carbonyl (C=O) groups is 2. The van der Waals surface area contributed by atoms with Crippen molar-refractivity contribution in [3.05, 3.63) is 72.3 Å². The van der Waals surface area contributed by atoms with Crippen molar-refractivity contribution >= 4 is 23.3 Å².